The van der Waals surface area contributed by atoms with Gasteiger partial charge in [-0.15, -0.1) is 0 Å². The Balaban J connectivity index is 1.58. The zero-order valence-electron chi connectivity index (χ0n) is 21.9. The second kappa shape index (κ2) is 11.0. The van der Waals surface area contributed by atoms with Gasteiger partial charge >= 0.3 is 5.97 Å². The summed E-state index contributed by atoms with van der Waals surface area (Å²) in [4.78, 5) is 15.3. The van der Waals surface area contributed by atoms with Crippen molar-refractivity contribution in [1.82, 2.24) is 4.98 Å². The molecule has 3 aromatic rings. The summed E-state index contributed by atoms with van der Waals surface area (Å²) in [6, 6.07) is 17.5. The maximum Gasteiger partial charge on any atom is 0.307 e. The second-order valence-corrected chi connectivity index (χ2v) is 10.6. The van der Waals surface area contributed by atoms with Crippen molar-refractivity contribution < 1.29 is 15.0 Å². The average molecular weight is 486 g/mol. The van der Waals surface area contributed by atoms with Crippen molar-refractivity contribution in [2.45, 2.75) is 89.6 Å². The van der Waals surface area contributed by atoms with Crippen LogP contribution in [-0.4, -0.2) is 26.8 Å². The number of carboxylic acids is 1. The Labute approximate surface area is 215 Å². The molecule has 0 amide bonds. The number of aryl methyl sites for hydroxylation is 2. The van der Waals surface area contributed by atoms with Crippen LogP contribution in [0.25, 0.3) is 11.1 Å². The minimum Gasteiger partial charge on any atom is -0.481 e. The van der Waals surface area contributed by atoms with Crippen molar-refractivity contribution in [3.8, 4) is 11.1 Å². The first-order chi connectivity index (χ1) is 17.3. The molecule has 36 heavy (non-hydrogen) atoms. The van der Waals surface area contributed by atoms with Crippen LogP contribution in [0.5, 0.6) is 0 Å². The van der Waals surface area contributed by atoms with Crippen molar-refractivity contribution in [2.75, 3.05) is 0 Å². The summed E-state index contributed by atoms with van der Waals surface area (Å²) in [6.07, 6.45) is 11.3. The van der Waals surface area contributed by atoms with Gasteiger partial charge in [0.1, 0.15) is 0 Å². The van der Waals surface area contributed by atoms with E-state index < -0.39 is 11.6 Å². The lowest BCUT2D eigenvalue weighted by molar-refractivity contribution is -0.136. The fourth-order valence-corrected chi connectivity index (χ4v) is 6.06. The molecular formula is C32H39NO3. The molecule has 4 nitrogen and oxygen atoms in total. The molecule has 1 aliphatic rings. The lowest BCUT2D eigenvalue weighted by atomic mass is 9.70. The molecule has 0 bridgehead atoms. The van der Waals surface area contributed by atoms with Gasteiger partial charge in [-0.2, -0.15) is 0 Å². The molecule has 1 aromatic heterocycles. The molecule has 2 N–H and O–H groups in total. The number of carboxylic acid groups (broad SMARTS) is 1. The molecule has 2 aromatic carbocycles. The Kier molecular flexibility index (Phi) is 7.94. The van der Waals surface area contributed by atoms with Gasteiger partial charge in [-0.3, -0.25) is 9.78 Å². The van der Waals surface area contributed by atoms with Crippen LogP contribution in [0.2, 0.25) is 0 Å². The lowest BCUT2D eigenvalue weighted by Crippen LogP contribution is -2.26. The number of benzene rings is 2. The summed E-state index contributed by atoms with van der Waals surface area (Å²) >= 11 is 0. The molecule has 190 valence electrons. The monoisotopic (exact) mass is 485 g/mol. The highest BCUT2D eigenvalue weighted by atomic mass is 16.4. The van der Waals surface area contributed by atoms with Crippen molar-refractivity contribution in [3.05, 3.63) is 88.7 Å². The fraction of sp³-hybridized carbons (Fsp3) is 0.438. The molecule has 1 heterocycles. The number of carbonyl (C=O) groups is 1. The molecule has 0 atom stereocenters. The van der Waals surface area contributed by atoms with E-state index >= 15 is 0 Å². The van der Waals surface area contributed by atoms with Crippen molar-refractivity contribution in [2.24, 2.45) is 0 Å². The van der Waals surface area contributed by atoms with Crippen LogP contribution in [0.4, 0.5) is 0 Å². The Hall–Kier alpha value is -2.98. The van der Waals surface area contributed by atoms with E-state index in [-0.39, 0.29) is 11.8 Å². The molecular weight excluding hydrogens is 446 g/mol. The lowest BCUT2D eigenvalue weighted by Gasteiger charge is -2.34. The Morgan fingerprint density at radius 2 is 1.61 bits per heavy atom. The first-order valence-corrected chi connectivity index (χ1v) is 13.4. The Morgan fingerprint density at radius 1 is 0.944 bits per heavy atom. The highest BCUT2D eigenvalue weighted by molar-refractivity contribution is 5.71. The SMILES string of the molecule is CCC(CC)(c1ccc(-c2cncc(CC(=O)O)c2)cc1)c1ccc(CCC2(O)CCCC2)c(C)c1. The number of pyridine rings is 1. The van der Waals surface area contributed by atoms with Crippen LogP contribution in [0.1, 0.15) is 86.6 Å². The number of aliphatic carboxylic acids is 1. The van der Waals surface area contributed by atoms with Crippen LogP contribution < -0.4 is 0 Å². The van der Waals surface area contributed by atoms with Crippen LogP contribution in [0, 0.1) is 6.92 Å². The van der Waals surface area contributed by atoms with Gasteiger partial charge in [0.05, 0.1) is 12.0 Å². The predicted octanol–water partition coefficient (Wildman–Crippen LogP) is 7.03. The maximum absolute atomic E-state index is 11.1. The van der Waals surface area contributed by atoms with Crippen LogP contribution in [-0.2, 0) is 23.1 Å². The Morgan fingerprint density at radius 3 is 2.22 bits per heavy atom. The number of aromatic nitrogens is 1. The minimum atomic E-state index is -0.851. The van der Waals surface area contributed by atoms with Gasteiger partial charge in [0.25, 0.3) is 0 Å². The summed E-state index contributed by atoms with van der Waals surface area (Å²) in [5.74, 6) is -0.851. The third-order valence-electron chi connectivity index (χ3n) is 8.42. The van der Waals surface area contributed by atoms with Gasteiger partial charge in [0.15, 0.2) is 0 Å². The molecule has 1 saturated carbocycles. The van der Waals surface area contributed by atoms with Gasteiger partial charge in [0.2, 0.25) is 0 Å². The average Bonchev–Trinajstić information content (AvgIpc) is 3.31. The third kappa shape index (κ3) is 5.54. The predicted molar refractivity (Wildman–Crippen MR) is 145 cm³/mol. The van der Waals surface area contributed by atoms with E-state index in [4.69, 9.17) is 5.11 Å². The minimum absolute atomic E-state index is 0.0255. The number of nitrogens with zero attached hydrogens (tertiary/aromatic N) is 1. The largest absolute Gasteiger partial charge is 0.481 e. The maximum atomic E-state index is 11.1. The molecule has 1 aliphatic carbocycles. The van der Waals surface area contributed by atoms with E-state index in [0.717, 1.165) is 62.5 Å². The topological polar surface area (TPSA) is 70.4 Å². The zero-order chi connectivity index (χ0) is 25.8. The standard InChI is InChI=1S/C32H39NO3/c1-4-32(5-2,29-13-8-25(23(3)18-29)14-17-31(36)15-6-7-16-31)28-11-9-26(10-12-28)27-19-24(20-30(34)35)21-33-22-27/h8-13,18-19,21-22,36H,4-7,14-17,20H2,1-3H3,(H,34,35). The van der Waals surface area contributed by atoms with Gasteiger partial charge in [0, 0.05) is 23.4 Å². The van der Waals surface area contributed by atoms with E-state index in [1.54, 1.807) is 12.4 Å². The summed E-state index contributed by atoms with van der Waals surface area (Å²) in [6.45, 7) is 6.72. The Bertz CT molecular complexity index is 1190. The van der Waals surface area contributed by atoms with E-state index in [1.165, 1.54) is 22.3 Å². The van der Waals surface area contributed by atoms with Crippen LogP contribution in [0.3, 0.4) is 0 Å². The summed E-state index contributed by atoms with van der Waals surface area (Å²) in [5, 5.41) is 19.9. The van der Waals surface area contributed by atoms with Crippen LogP contribution >= 0.6 is 0 Å². The quantitative estimate of drug-likeness (QED) is 0.323. The van der Waals surface area contributed by atoms with Crippen LogP contribution in [0.15, 0.2) is 60.9 Å². The molecule has 4 rings (SSSR count). The van der Waals surface area contributed by atoms with Crippen molar-refractivity contribution in [3.63, 3.8) is 0 Å². The third-order valence-corrected chi connectivity index (χ3v) is 8.42. The van der Waals surface area contributed by atoms with E-state index in [2.05, 4.69) is 68.2 Å². The van der Waals surface area contributed by atoms with Gasteiger partial charge in [-0.25, -0.2) is 0 Å². The van der Waals surface area contributed by atoms with Gasteiger partial charge in [-0.05, 0) is 84.9 Å². The van der Waals surface area contributed by atoms with Crippen molar-refractivity contribution in [1.29, 1.82) is 0 Å². The first kappa shape index (κ1) is 26.1. The molecule has 0 spiro atoms. The number of rotatable bonds is 10. The molecule has 0 unspecified atom stereocenters. The number of aliphatic hydroxyl groups is 1. The zero-order valence-corrected chi connectivity index (χ0v) is 21.9. The van der Waals surface area contributed by atoms with E-state index in [1.807, 2.05) is 6.07 Å². The molecule has 0 aliphatic heterocycles. The molecule has 1 fully saturated rings. The summed E-state index contributed by atoms with van der Waals surface area (Å²) in [5.41, 5.74) is 7.41. The van der Waals surface area contributed by atoms with E-state index in [0.29, 0.717) is 5.56 Å². The molecule has 4 heteroatoms. The van der Waals surface area contributed by atoms with E-state index in [9.17, 15) is 9.90 Å². The number of hydrogen-bond donors (Lipinski definition) is 2. The van der Waals surface area contributed by atoms with Gasteiger partial charge in [-0.1, -0.05) is 69.2 Å². The highest BCUT2D eigenvalue weighted by Crippen LogP contribution is 2.41. The van der Waals surface area contributed by atoms with Crippen molar-refractivity contribution >= 4 is 5.97 Å². The molecule has 0 radical (unpaired) electrons. The second-order valence-electron chi connectivity index (χ2n) is 10.6. The van der Waals surface area contributed by atoms with Gasteiger partial charge < -0.3 is 10.2 Å². The number of hydrogen-bond acceptors (Lipinski definition) is 3. The normalized spacial score (nSPS) is 15.2. The smallest absolute Gasteiger partial charge is 0.307 e. The first-order valence-electron chi connectivity index (χ1n) is 13.4. The summed E-state index contributed by atoms with van der Waals surface area (Å²) < 4.78 is 0. The molecule has 0 saturated heterocycles. The summed E-state index contributed by atoms with van der Waals surface area (Å²) in [7, 11) is 0. The highest BCUT2D eigenvalue weighted by Gasteiger charge is 2.32. The fourth-order valence-electron chi connectivity index (χ4n) is 6.06.